The molecule has 2 aliphatic heterocycles. The van der Waals surface area contributed by atoms with Gasteiger partial charge in [-0.25, -0.2) is 4.79 Å². The summed E-state index contributed by atoms with van der Waals surface area (Å²) in [7, 11) is 0. The van der Waals surface area contributed by atoms with E-state index in [0.717, 1.165) is 16.5 Å². The highest BCUT2D eigenvalue weighted by Gasteiger charge is 2.48. The van der Waals surface area contributed by atoms with E-state index >= 15 is 0 Å². The first kappa shape index (κ1) is 17.7. The lowest BCUT2D eigenvalue weighted by atomic mass is 10.1. The number of benzene rings is 2. The van der Waals surface area contributed by atoms with E-state index in [1.54, 1.807) is 0 Å². The summed E-state index contributed by atoms with van der Waals surface area (Å²) in [5.74, 6) is -0.541. The fraction of sp³-hybridized carbons (Fsp3) is 0.368. The third kappa shape index (κ3) is 3.73. The molecule has 2 aromatic carbocycles. The van der Waals surface area contributed by atoms with Crippen LogP contribution in [0.2, 0.25) is 0 Å². The van der Waals surface area contributed by atoms with E-state index in [0.29, 0.717) is 13.2 Å². The minimum Gasteiger partial charge on any atom is -0.370 e. The Kier molecular flexibility index (Phi) is 4.93. The Morgan fingerprint density at radius 3 is 2.70 bits per heavy atom. The maximum Gasteiger partial charge on any atom is 0.319 e. The standard InChI is InChI=1S/C19H21N3O5/c20-16(23)10-25-15-9-27-17-14(8-26-18(15)17)22-19(24)21-13-7-3-5-11-4-1-2-6-12(11)13/h1-7,14-15,17-18H,8-10H2,(H2,20,23)(H2,21,22,24). The van der Waals surface area contributed by atoms with Crippen LogP contribution in [0.3, 0.4) is 0 Å². The van der Waals surface area contributed by atoms with E-state index in [4.69, 9.17) is 19.9 Å². The predicted octanol–water partition coefficient (Wildman–Crippen LogP) is 0.998. The van der Waals surface area contributed by atoms with Gasteiger partial charge in [-0.2, -0.15) is 0 Å². The molecule has 8 nitrogen and oxygen atoms in total. The molecule has 0 aromatic heterocycles. The van der Waals surface area contributed by atoms with Crippen LogP contribution in [0.15, 0.2) is 42.5 Å². The van der Waals surface area contributed by atoms with Crippen molar-refractivity contribution < 1.29 is 23.8 Å². The van der Waals surface area contributed by atoms with Crippen molar-refractivity contribution in [3.8, 4) is 0 Å². The van der Waals surface area contributed by atoms with Crippen molar-refractivity contribution in [1.82, 2.24) is 5.32 Å². The SMILES string of the molecule is NC(=O)COC1COC2C(NC(=O)Nc3cccc4ccccc34)COC12. The summed E-state index contributed by atoms with van der Waals surface area (Å²) < 4.78 is 16.8. The van der Waals surface area contributed by atoms with Crippen molar-refractivity contribution in [1.29, 1.82) is 0 Å². The number of hydrogen-bond donors (Lipinski definition) is 3. The molecule has 27 heavy (non-hydrogen) atoms. The highest BCUT2D eigenvalue weighted by atomic mass is 16.6. The predicted molar refractivity (Wildman–Crippen MR) is 98.3 cm³/mol. The first-order chi connectivity index (χ1) is 13.1. The molecule has 4 atom stereocenters. The van der Waals surface area contributed by atoms with Crippen LogP contribution in [-0.4, -0.2) is 56.1 Å². The van der Waals surface area contributed by atoms with Crippen molar-refractivity contribution in [3.63, 3.8) is 0 Å². The number of amides is 3. The number of nitrogens with two attached hydrogens (primary N) is 1. The average Bonchev–Trinajstić information content (AvgIpc) is 3.23. The molecule has 0 saturated carbocycles. The van der Waals surface area contributed by atoms with Gasteiger partial charge in [0.2, 0.25) is 5.91 Å². The summed E-state index contributed by atoms with van der Waals surface area (Å²) in [5, 5.41) is 7.81. The molecule has 0 spiro atoms. The first-order valence-corrected chi connectivity index (χ1v) is 8.80. The summed E-state index contributed by atoms with van der Waals surface area (Å²) >= 11 is 0. The van der Waals surface area contributed by atoms with E-state index in [1.807, 2.05) is 42.5 Å². The molecule has 0 bridgehead atoms. The maximum atomic E-state index is 12.5. The molecule has 3 amide bonds. The summed E-state index contributed by atoms with van der Waals surface area (Å²) in [5.41, 5.74) is 5.84. The van der Waals surface area contributed by atoms with Gasteiger partial charge in [-0.05, 0) is 11.5 Å². The van der Waals surface area contributed by atoms with E-state index in [9.17, 15) is 9.59 Å². The number of hydrogen-bond acceptors (Lipinski definition) is 5. The van der Waals surface area contributed by atoms with E-state index < -0.39 is 5.91 Å². The molecule has 142 valence electrons. The molecule has 2 aliphatic rings. The zero-order chi connectivity index (χ0) is 18.8. The number of fused-ring (bicyclic) bond motifs is 2. The second kappa shape index (κ2) is 7.51. The third-order valence-electron chi connectivity index (χ3n) is 4.80. The Morgan fingerprint density at radius 2 is 1.85 bits per heavy atom. The summed E-state index contributed by atoms with van der Waals surface area (Å²) in [4.78, 5) is 23.3. The largest absolute Gasteiger partial charge is 0.370 e. The fourth-order valence-electron chi connectivity index (χ4n) is 3.58. The van der Waals surface area contributed by atoms with Crippen LogP contribution < -0.4 is 16.4 Å². The van der Waals surface area contributed by atoms with Crippen LogP contribution in [0.1, 0.15) is 0 Å². The van der Waals surface area contributed by atoms with Crippen LogP contribution in [-0.2, 0) is 19.0 Å². The molecular weight excluding hydrogens is 350 g/mol. The smallest absolute Gasteiger partial charge is 0.319 e. The zero-order valence-electron chi connectivity index (χ0n) is 14.6. The van der Waals surface area contributed by atoms with Crippen LogP contribution in [0.4, 0.5) is 10.5 Å². The average molecular weight is 371 g/mol. The second-order valence-corrected chi connectivity index (χ2v) is 6.64. The Bertz CT molecular complexity index is 853. The molecule has 0 radical (unpaired) electrons. The molecule has 4 rings (SSSR count). The first-order valence-electron chi connectivity index (χ1n) is 8.80. The van der Waals surface area contributed by atoms with Crippen molar-refractivity contribution in [3.05, 3.63) is 42.5 Å². The highest BCUT2D eigenvalue weighted by molar-refractivity contribution is 6.01. The number of urea groups is 1. The van der Waals surface area contributed by atoms with Gasteiger partial charge in [0.05, 0.1) is 24.9 Å². The lowest BCUT2D eigenvalue weighted by molar-refractivity contribution is -0.126. The van der Waals surface area contributed by atoms with Crippen molar-refractivity contribution in [2.24, 2.45) is 5.73 Å². The number of rotatable bonds is 5. The summed E-state index contributed by atoms with van der Waals surface area (Å²) in [6.45, 7) is 0.431. The van der Waals surface area contributed by atoms with E-state index in [1.165, 1.54) is 0 Å². The van der Waals surface area contributed by atoms with Gasteiger partial charge >= 0.3 is 6.03 Å². The fourth-order valence-corrected chi connectivity index (χ4v) is 3.58. The molecule has 2 saturated heterocycles. The number of ether oxygens (including phenoxy) is 3. The zero-order valence-corrected chi connectivity index (χ0v) is 14.6. The quantitative estimate of drug-likeness (QED) is 0.726. The van der Waals surface area contributed by atoms with Crippen LogP contribution in [0, 0.1) is 0 Å². The number of carbonyl (C=O) groups is 2. The van der Waals surface area contributed by atoms with Gasteiger partial charge in [0.1, 0.15) is 24.9 Å². The lowest BCUT2D eigenvalue weighted by Gasteiger charge is -2.18. The topological polar surface area (TPSA) is 112 Å². The molecule has 0 aliphatic carbocycles. The van der Waals surface area contributed by atoms with Gasteiger partial charge in [0.25, 0.3) is 0 Å². The highest BCUT2D eigenvalue weighted by Crippen LogP contribution is 2.29. The second-order valence-electron chi connectivity index (χ2n) is 6.64. The van der Waals surface area contributed by atoms with Gasteiger partial charge in [-0.1, -0.05) is 36.4 Å². The van der Waals surface area contributed by atoms with Crippen LogP contribution >= 0.6 is 0 Å². The number of anilines is 1. The number of primary amides is 1. The van der Waals surface area contributed by atoms with Gasteiger partial charge in [0, 0.05) is 5.39 Å². The van der Waals surface area contributed by atoms with Crippen molar-refractivity contribution in [2.75, 3.05) is 25.1 Å². The lowest BCUT2D eigenvalue weighted by Crippen LogP contribution is -2.46. The van der Waals surface area contributed by atoms with E-state index in [2.05, 4.69) is 10.6 Å². The molecular formula is C19H21N3O5. The minimum atomic E-state index is -0.541. The van der Waals surface area contributed by atoms with Crippen molar-refractivity contribution in [2.45, 2.75) is 24.4 Å². The summed E-state index contributed by atoms with van der Waals surface area (Å²) in [6.07, 6.45) is -1.01. The van der Waals surface area contributed by atoms with Crippen molar-refractivity contribution >= 4 is 28.4 Å². The van der Waals surface area contributed by atoms with E-state index in [-0.39, 0.29) is 37.0 Å². The Balaban J connectivity index is 1.37. The molecule has 8 heteroatoms. The van der Waals surface area contributed by atoms with Gasteiger partial charge < -0.3 is 30.6 Å². The summed E-state index contributed by atoms with van der Waals surface area (Å²) in [6, 6.07) is 13.0. The van der Waals surface area contributed by atoms with Gasteiger partial charge in [-0.15, -0.1) is 0 Å². The molecule has 2 fully saturated rings. The Labute approximate surface area is 155 Å². The third-order valence-corrected chi connectivity index (χ3v) is 4.80. The van der Waals surface area contributed by atoms with Gasteiger partial charge in [0.15, 0.2) is 0 Å². The molecule has 2 heterocycles. The van der Waals surface area contributed by atoms with Crippen LogP contribution in [0.25, 0.3) is 10.8 Å². The van der Waals surface area contributed by atoms with Crippen LogP contribution in [0.5, 0.6) is 0 Å². The molecule has 2 aromatic rings. The molecule has 4 unspecified atom stereocenters. The number of nitrogens with one attached hydrogen (secondary N) is 2. The monoisotopic (exact) mass is 371 g/mol. The minimum absolute atomic E-state index is 0.180. The number of carbonyl (C=O) groups excluding carboxylic acids is 2. The molecule has 4 N–H and O–H groups in total. The Morgan fingerprint density at radius 1 is 1.07 bits per heavy atom. The normalized spacial score (nSPS) is 26.7. The van der Waals surface area contributed by atoms with Gasteiger partial charge in [-0.3, -0.25) is 4.79 Å². The Hall–Kier alpha value is -2.68. The maximum absolute atomic E-state index is 12.5.